The minimum absolute atomic E-state index is 0.0201. The molecule has 5 heteroatoms. The maximum Gasteiger partial charge on any atom is 0.0621 e. The minimum Gasteiger partial charge on any atom is -0.198 e. The van der Waals surface area contributed by atoms with Gasteiger partial charge in [-0.05, 0) is 50.3 Å². The zero-order valence-electron chi connectivity index (χ0n) is 13.2. The smallest absolute Gasteiger partial charge is 0.0621 e. The lowest BCUT2D eigenvalue weighted by atomic mass is 10.4. The van der Waals surface area contributed by atoms with Gasteiger partial charge in [-0.3, -0.25) is 0 Å². The molecule has 0 aromatic heterocycles. The summed E-state index contributed by atoms with van der Waals surface area (Å²) in [6, 6.07) is 6.75. The zero-order valence-corrected chi connectivity index (χ0v) is 15.0. The Labute approximate surface area is 132 Å². The SMILES string of the molecule is CCCCP(CCCC#N)P(CCCC#N)CCCC#N. The van der Waals surface area contributed by atoms with Crippen molar-refractivity contribution in [2.24, 2.45) is 0 Å². The summed E-state index contributed by atoms with van der Waals surface area (Å²) in [5.41, 5.74) is 0. The van der Waals surface area contributed by atoms with E-state index in [1.165, 1.54) is 37.5 Å². The predicted octanol–water partition coefficient (Wildman–Crippen LogP) is 5.58. The molecule has 0 heterocycles. The Balaban J connectivity index is 4.49. The van der Waals surface area contributed by atoms with Gasteiger partial charge in [-0.2, -0.15) is 15.8 Å². The molecule has 0 aliphatic rings. The largest absolute Gasteiger partial charge is 0.198 e. The molecule has 116 valence electrons. The number of hydrogen-bond donors (Lipinski definition) is 0. The highest BCUT2D eigenvalue weighted by atomic mass is 32.1. The highest BCUT2D eigenvalue weighted by Crippen LogP contribution is 2.70. The Morgan fingerprint density at radius 2 is 0.952 bits per heavy atom. The molecule has 0 fully saturated rings. The van der Waals surface area contributed by atoms with Crippen LogP contribution in [-0.2, 0) is 0 Å². The minimum atomic E-state index is -0.0223. The fourth-order valence-corrected chi connectivity index (χ4v) is 11.1. The lowest BCUT2D eigenvalue weighted by Gasteiger charge is -2.28. The van der Waals surface area contributed by atoms with Crippen molar-refractivity contribution in [1.29, 1.82) is 15.8 Å². The first kappa shape index (κ1) is 20.3. The molecule has 0 bridgehead atoms. The van der Waals surface area contributed by atoms with E-state index >= 15 is 0 Å². The van der Waals surface area contributed by atoms with Gasteiger partial charge in [0.15, 0.2) is 0 Å². The fourth-order valence-electron chi connectivity index (χ4n) is 2.15. The molecule has 0 aromatic rings. The highest BCUT2D eigenvalue weighted by Gasteiger charge is 2.19. The number of nitriles is 3. The highest BCUT2D eigenvalue weighted by molar-refractivity contribution is 8.29. The summed E-state index contributed by atoms with van der Waals surface area (Å²) in [5, 5.41) is 26.2. The van der Waals surface area contributed by atoms with Crippen LogP contribution in [0.25, 0.3) is 0 Å². The molecular weight excluding hydrogens is 296 g/mol. The Morgan fingerprint density at radius 3 is 1.24 bits per heavy atom. The van der Waals surface area contributed by atoms with Gasteiger partial charge in [0.2, 0.25) is 0 Å². The second kappa shape index (κ2) is 15.7. The molecule has 0 aromatic carbocycles. The summed E-state index contributed by atoms with van der Waals surface area (Å²) in [4.78, 5) is 0. The molecule has 0 N–H and O–H groups in total. The predicted molar refractivity (Wildman–Crippen MR) is 92.8 cm³/mol. The van der Waals surface area contributed by atoms with E-state index < -0.39 is 0 Å². The first-order valence-corrected chi connectivity index (χ1v) is 12.0. The molecular formula is C16H27N3P2. The summed E-state index contributed by atoms with van der Waals surface area (Å²) in [6.07, 6.45) is 12.5. The molecule has 0 rings (SSSR count). The Kier molecular flexibility index (Phi) is 15.2. The van der Waals surface area contributed by atoms with Crippen molar-refractivity contribution in [3.05, 3.63) is 0 Å². The van der Waals surface area contributed by atoms with Crippen LogP contribution >= 0.6 is 15.2 Å². The van der Waals surface area contributed by atoms with Crippen LogP contribution in [0, 0.1) is 34.0 Å². The Hall–Kier alpha value is -0.670. The van der Waals surface area contributed by atoms with Crippen LogP contribution in [0.4, 0.5) is 0 Å². The van der Waals surface area contributed by atoms with Crippen LogP contribution in [0.3, 0.4) is 0 Å². The number of unbranched alkanes of at least 4 members (excludes halogenated alkanes) is 4. The zero-order chi connectivity index (χ0) is 15.8. The second-order valence-corrected chi connectivity index (χ2v) is 12.3. The molecule has 0 saturated carbocycles. The molecule has 0 spiro atoms. The van der Waals surface area contributed by atoms with E-state index in [0.717, 1.165) is 19.3 Å². The summed E-state index contributed by atoms with van der Waals surface area (Å²) in [6.45, 7) is 2.23. The Bertz CT molecular complexity index is 345. The summed E-state index contributed by atoms with van der Waals surface area (Å²) in [7, 11) is -0.00227. The van der Waals surface area contributed by atoms with E-state index in [2.05, 4.69) is 25.1 Å². The van der Waals surface area contributed by atoms with Crippen LogP contribution < -0.4 is 0 Å². The van der Waals surface area contributed by atoms with Crippen LogP contribution in [0.1, 0.15) is 58.3 Å². The quantitative estimate of drug-likeness (QED) is 0.328. The van der Waals surface area contributed by atoms with Crippen molar-refractivity contribution < 1.29 is 0 Å². The van der Waals surface area contributed by atoms with Crippen molar-refractivity contribution in [3.63, 3.8) is 0 Å². The second-order valence-electron chi connectivity index (χ2n) is 5.05. The van der Waals surface area contributed by atoms with E-state index in [4.69, 9.17) is 15.8 Å². The van der Waals surface area contributed by atoms with Gasteiger partial charge in [0.25, 0.3) is 0 Å². The van der Waals surface area contributed by atoms with Gasteiger partial charge in [-0.1, -0.05) is 28.6 Å². The van der Waals surface area contributed by atoms with Gasteiger partial charge in [-0.25, -0.2) is 0 Å². The van der Waals surface area contributed by atoms with E-state index in [0.29, 0.717) is 19.3 Å². The average Bonchev–Trinajstić information content (AvgIpc) is 2.50. The number of hydrogen-bond acceptors (Lipinski definition) is 3. The maximum absolute atomic E-state index is 8.73. The molecule has 1 atom stereocenters. The summed E-state index contributed by atoms with van der Waals surface area (Å²) < 4.78 is 0. The molecule has 0 saturated heterocycles. The molecule has 21 heavy (non-hydrogen) atoms. The third-order valence-corrected chi connectivity index (χ3v) is 12.2. The maximum atomic E-state index is 8.73. The first-order valence-electron chi connectivity index (χ1n) is 7.90. The van der Waals surface area contributed by atoms with E-state index in [1.54, 1.807) is 0 Å². The van der Waals surface area contributed by atoms with Crippen LogP contribution in [0.2, 0.25) is 0 Å². The van der Waals surface area contributed by atoms with E-state index in [1.807, 2.05) is 0 Å². The van der Waals surface area contributed by atoms with Gasteiger partial charge >= 0.3 is 0 Å². The van der Waals surface area contributed by atoms with Gasteiger partial charge in [0.1, 0.15) is 0 Å². The fraction of sp³-hybridized carbons (Fsp3) is 0.812. The first-order chi connectivity index (χ1) is 10.3. The van der Waals surface area contributed by atoms with Crippen molar-refractivity contribution >= 4 is 15.2 Å². The summed E-state index contributed by atoms with van der Waals surface area (Å²) in [5.74, 6) is 0. The molecule has 0 aliphatic carbocycles. The third kappa shape index (κ3) is 11.6. The molecule has 1 unspecified atom stereocenters. The normalized spacial score (nSPS) is 11.6. The lowest BCUT2D eigenvalue weighted by Crippen LogP contribution is -1.97. The van der Waals surface area contributed by atoms with Crippen LogP contribution in [0.5, 0.6) is 0 Å². The van der Waals surface area contributed by atoms with Gasteiger partial charge < -0.3 is 0 Å². The third-order valence-electron chi connectivity index (χ3n) is 3.28. The standard InChI is InChI=1S/C16H27N3P2/c1-2-3-13-20(14-7-4-10-17)21(15-8-5-11-18)16-9-6-12-19/h2-9,13-16H2,1H3. The monoisotopic (exact) mass is 323 g/mol. The van der Waals surface area contributed by atoms with Gasteiger partial charge in [0.05, 0.1) is 18.2 Å². The van der Waals surface area contributed by atoms with Crippen LogP contribution in [0.15, 0.2) is 0 Å². The van der Waals surface area contributed by atoms with Crippen molar-refractivity contribution in [2.45, 2.75) is 58.3 Å². The molecule has 0 aliphatic heterocycles. The van der Waals surface area contributed by atoms with E-state index in [9.17, 15) is 0 Å². The average molecular weight is 323 g/mol. The summed E-state index contributed by atoms with van der Waals surface area (Å²) >= 11 is 0. The Morgan fingerprint density at radius 1 is 0.619 bits per heavy atom. The van der Waals surface area contributed by atoms with Crippen molar-refractivity contribution in [2.75, 3.05) is 24.6 Å². The van der Waals surface area contributed by atoms with Gasteiger partial charge in [0, 0.05) is 19.3 Å². The number of nitrogens with zero attached hydrogens (tertiary/aromatic N) is 3. The van der Waals surface area contributed by atoms with Crippen LogP contribution in [-0.4, -0.2) is 24.6 Å². The number of rotatable bonds is 13. The van der Waals surface area contributed by atoms with Crippen molar-refractivity contribution in [1.82, 2.24) is 0 Å². The topological polar surface area (TPSA) is 71.4 Å². The molecule has 0 amide bonds. The lowest BCUT2D eigenvalue weighted by molar-refractivity contribution is 0.886. The van der Waals surface area contributed by atoms with Gasteiger partial charge in [-0.15, -0.1) is 0 Å². The molecule has 3 nitrogen and oxygen atoms in total. The van der Waals surface area contributed by atoms with Crippen molar-refractivity contribution in [3.8, 4) is 18.2 Å². The van der Waals surface area contributed by atoms with E-state index in [-0.39, 0.29) is 15.2 Å². The molecule has 0 radical (unpaired) electrons.